The monoisotopic (exact) mass is 578 g/mol. The van der Waals surface area contributed by atoms with Crippen molar-refractivity contribution in [3.8, 4) is 17.2 Å². The van der Waals surface area contributed by atoms with E-state index in [0.717, 1.165) is 49.2 Å². The molecule has 0 bridgehead atoms. The fraction of sp³-hybridized carbons (Fsp3) is 0.472. The van der Waals surface area contributed by atoms with Crippen LogP contribution in [0, 0.1) is 29.4 Å². The third kappa shape index (κ3) is 8.33. The molecule has 0 heterocycles. The molecule has 0 radical (unpaired) electrons. The molecule has 42 heavy (non-hydrogen) atoms. The molecule has 2 aliphatic carbocycles. The van der Waals surface area contributed by atoms with E-state index in [4.69, 9.17) is 14.2 Å². The maximum Gasteiger partial charge on any atom is 0.204 e. The maximum absolute atomic E-state index is 14.3. The van der Waals surface area contributed by atoms with Crippen molar-refractivity contribution in [2.75, 3.05) is 20.3 Å². The van der Waals surface area contributed by atoms with Crippen molar-refractivity contribution in [1.29, 1.82) is 0 Å². The molecule has 2 aliphatic rings. The number of aryl methyl sites for hydroxylation is 1. The number of fused-ring (bicyclic) bond motifs is 1. The summed E-state index contributed by atoms with van der Waals surface area (Å²) in [6.45, 7) is 4.62. The topological polar surface area (TPSA) is 44.8 Å². The van der Waals surface area contributed by atoms with Crippen LogP contribution in [0.5, 0.6) is 17.2 Å². The number of halogens is 2. The number of carbonyl (C=O) groups is 1. The van der Waals surface area contributed by atoms with Gasteiger partial charge in [-0.25, -0.2) is 0 Å². The van der Waals surface area contributed by atoms with Gasteiger partial charge in [0.1, 0.15) is 12.0 Å². The second-order valence-electron chi connectivity index (χ2n) is 11.5. The van der Waals surface area contributed by atoms with E-state index in [1.54, 1.807) is 14.0 Å². The van der Waals surface area contributed by atoms with Gasteiger partial charge in [-0.2, -0.15) is 8.78 Å². The molecule has 0 spiro atoms. The van der Waals surface area contributed by atoms with Crippen LogP contribution in [0.4, 0.5) is 8.78 Å². The lowest BCUT2D eigenvalue weighted by molar-refractivity contribution is 0.0901. The predicted octanol–water partition coefficient (Wildman–Crippen LogP) is 9.20. The van der Waals surface area contributed by atoms with Gasteiger partial charge in [0.05, 0.1) is 20.3 Å². The fourth-order valence-corrected chi connectivity index (χ4v) is 6.47. The summed E-state index contributed by atoms with van der Waals surface area (Å²) in [7, 11) is 1.70. The summed E-state index contributed by atoms with van der Waals surface area (Å²) >= 11 is 0. The first kappa shape index (κ1) is 31.5. The number of hydrogen-bond donors (Lipinski definition) is 0. The Balaban J connectivity index is 0.000000310. The lowest BCUT2D eigenvalue weighted by Crippen LogP contribution is -2.32. The van der Waals surface area contributed by atoms with Crippen molar-refractivity contribution in [1.82, 2.24) is 0 Å². The summed E-state index contributed by atoms with van der Waals surface area (Å²) in [5, 5.41) is 0. The highest BCUT2D eigenvalue weighted by molar-refractivity contribution is 5.74. The molecular weight excluding hydrogens is 534 g/mol. The van der Waals surface area contributed by atoms with E-state index in [2.05, 4.69) is 31.2 Å². The van der Waals surface area contributed by atoms with Crippen molar-refractivity contribution >= 4 is 6.29 Å². The number of rotatable bonds is 10. The highest BCUT2D eigenvalue weighted by atomic mass is 19.2. The first-order valence-corrected chi connectivity index (χ1v) is 15.4. The molecule has 0 aromatic heterocycles. The van der Waals surface area contributed by atoms with E-state index in [0.29, 0.717) is 31.0 Å². The van der Waals surface area contributed by atoms with Gasteiger partial charge >= 0.3 is 0 Å². The Kier molecular flexibility index (Phi) is 11.8. The normalized spacial score (nSPS) is 21.4. The molecule has 226 valence electrons. The van der Waals surface area contributed by atoms with Crippen LogP contribution in [-0.2, 0) is 6.42 Å². The van der Waals surface area contributed by atoms with Crippen LogP contribution in [0.25, 0.3) is 0 Å². The van der Waals surface area contributed by atoms with Gasteiger partial charge in [0.25, 0.3) is 0 Å². The second-order valence-corrected chi connectivity index (χ2v) is 11.5. The third-order valence-electron chi connectivity index (χ3n) is 8.75. The average molecular weight is 579 g/mol. The highest BCUT2D eigenvalue weighted by Crippen LogP contribution is 2.47. The standard InChI is InChI=1S/C26H32F2O3.C10H12O/c1-3-30-23-12-13-24(26(28)25(23)27)31-16-17-4-5-21-15-20(7-6-19(21)14-17)18-8-10-22(29-2)11-9-18;1-2-3-9-4-6-10(8-11)7-5-9/h8-13,17,19-21H,3-7,14-16H2,1-2H3;4-8H,2-3H2,1H3. The van der Waals surface area contributed by atoms with Gasteiger partial charge < -0.3 is 14.2 Å². The molecule has 3 aromatic rings. The minimum absolute atomic E-state index is 0.0220. The largest absolute Gasteiger partial charge is 0.497 e. The van der Waals surface area contributed by atoms with Crippen molar-refractivity contribution in [3.05, 3.63) is 89.0 Å². The minimum Gasteiger partial charge on any atom is -0.497 e. The molecule has 4 atom stereocenters. The van der Waals surface area contributed by atoms with Gasteiger partial charge in [-0.3, -0.25) is 4.79 Å². The third-order valence-corrected chi connectivity index (χ3v) is 8.75. The summed E-state index contributed by atoms with van der Waals surface area (Å²) in [6, 6.07) is 19.2. The van der Waals surface area contributed by atoms with E-state index in [1.807, 2.05) is 24.3 Å². The summed E-state index contributed by atoms with van der Waals surface area (Å²) in [6.07, 6.45) is 10.2. The smallest absolute Gasteiger partial charge is 0.204 e. The first-order chi connectivity index (χ1) is 20.4. The van der Waals surface area contributed by atoms with Crippen LogP contribution in [-0.4, -0.2) is 26.6 Å². The number of ether oxygens (including phenoxy) is 3. The van der Waals surface area contributed by atoms with Crippen molar-refractivity contribution in [2.45, 2.75) is 71.1 Å². The Morgan fingerprint density at radius 3 is 2.05 bits per heavy atom. The minimum atomic E-state index is -0.972. The van der Waals surface area contributed by atoms with E-state index >= 15 is 0 Å². The van der Waals surface area contributed by atoms with Gasteiger partial charge in [0.15, 0.2) is 11.5 Å². The Hall–Kier alpha value is -3.41. The van der Waals surface area contributed by atoms with E-state index in [1.165, 1.54) is 48.9 Å². The molecule has 5 rings (SSSR count). The lowest BCUT2D eigenvalue weighted by atomic mass is 9.64. The molecule has 0 saturated heterocycles. The van der Waals surface area contributed by atoms with E-state index in [-0.39, 0.29) is 11.5 Å². The van der Waals surface area contributed by atoms with E-state index in [9.17, 15) is 13.6 Å². The molecule has 4 unspecified atom stereocenters. The predicted molar refractivity (Wildman–Crippen MR) is 163 cm³/mol. The Labute approximate surface area is 249 Å². The number of benzene rings is 3. The van der Waals surface area contributed by atoms with Crippen molar-refractivity contribution < 1.29 is 27.8 Å². The molecule has 3 aromatic carbocycles. The molecule has 0 amide bonds. The van der Waals surface area contributed by atoms with Crippen LogP contribution >= 0.6 is 0 Å². The van der Waals surface area contributed by atoms with Crippen LogP contribution in [0.2, 0.25) is 0 Å². The molecule has 0 N–H and O–H groups in total. The molecule has 4 nitrogen and oxygen atoms in total. The van der Waals surface area contributed by atoms with Crippen molar-refractivity contribution in [2.24, 2.45) is 17.8 Å². The lowest BCUT2D eigenvalue weighted by Gasteiger charge is -2.42. The van der Waals surface area contributed by atoms with Crippen molar-refractivity contribution in [3.63, 3.8) is 0 Å². The van der Waals surface area contributed by atoms with Gasteiger partial charge in [0.2, 0.25) is 11.6 Å². The van der Waals surface area contributed by atoms with E-state index < -0.39 is 11.6 Å². The SMILES string of the molecule is CCCc1ccc(C=O)cc1.CCOc1ccc(OCC2CCC3CC(c4ccc(OC)cc4)CCC3C2)c(F)c1F. The van der Waals surface area contributed by atoms with Gasteiger partial charge in [-0.15, -0.1) is 0 Å². The summed E-state index contributed by atoms with van der Waals surface area (Å²) in [5.41, 5.74) is 3.47. The molecule has 2 saturated carbocycles. The zero-order valence-electron chi connectivity index (χ0n) is 25.1. The van der Waals surface area contributed by atoms with Gasteiger partial charge in [0, 0.05) is 5.56 Å². The molecular formula is C36H44F2O4. The zero-order valence-corrected chi connectivity index (χ0v) is 25.1. The van der Waals surface area contributed by atoms with Gasteiger partial charge in [-0.05, 0) is 111 Å². The summed E-state index contributed by atoms with van der Waals surface area (Å²) in [5.74, 6) is 1.36. The van der Waals surface area contributed by atoms with Gasteiger partial charge in [-0.1, -0.05) is 49.7 Å². The molecule has 0 aliphatic heterocycles. The van der Waals surface area contributed by atoms with Crippen LogP contribution in [0.3, 0.4) is 0 Å². The number of methoxy groups -OCH3 is 1. The van der Waals surface area contributed by atoms with Crippen LogP contribution in [0.15, 0.2) is 60.7 Å². The average Bonchev–Trinajstić information content (AvgIpc) is 3.03. The number of aldehydes is 1. The fourth-order valence-electron chi connectivity index (χ4n) is 6.47. The zero-order chi connectivity index (χ0) is 29.9. The van der Waals surface area contributed by atoms with Crippen LogP contribution in [0.1, 0.15) is 86.2 Å². The molecule has 6 heteroatoms. The first-order valence-electron chi connectivity index (χ1n) is 15.4. The second kappa shape index (κ2) is 15.7. The number of hydrogen-bond acceptors (Lipinski definition) is 4. The van der Waals surface area contributed by atoms with Crippen LogP contribution < -0.4 is 14.2 Å². The maximum atomic E-state index is 14.3. The summed E-state index contributed by atoms with van der Waals surface area (Å²) < 4.78 is 44.4. The summed E-state index contributed by atoms with van der Waals surface area (Å²) in [4.78, 5) is 10.3. The highest BCUT2D eigenvalue weighted by Gasteiger charge is 2.36. The quantitative estimate of drug-likeness (QED) is 0.225. The Morgan fingerprint density at radius 1 is 0.786 bits per heavy atom. The number of carbonyl (C=O) groups excluding carboxylic acids is 1. The Morgan fingerprint density at radius 2 is 1.43 bits per heavy atom. The molecule has 2 fully saturated rings. The Bertz CT molecular complexity index is 1260.